The van der Waals surface area contributed by atoms with Gasteiger partial charge in [0.15, 0.2) is 0 Å². The fourth-order valence-corrected chi connectivity index (χ4v) is 12.2. The fraction of sp³-hybridized carbons (Fsp3) is 0.0411. The van der Waals surface area contributed by atoms with Crippen LogP contribution in [0.4, 0.5) is 17.1 Å². The third kappa shape index (κ3) is 7.56. The molecule has 0 fully saturated rings. The van der Waals surface area contributed by atoms with Crippen LogP contribution in [0.1, 0.15) is 29.5 Å². The Labute approximate surface area is 439 Å². The van der Waals surface area contributed by atoms with Crippen molar-refractivity contribution in [2.24, 2.45) is 0 Å². The Balaban J connectivity index is 0.847. The second kappa shape index (κ2) is 18.5. The molecule has 0 amide bonds. The molecule has 75 heavy (non-hydrogen) atoms. The number of nitrogens with zero attached hydrogens (tertiary/aromatic N) is 2. The second-order valence-electron chi connectivity index (χ2n) is 19.9. The van der Waals surface area contributed by atoms with Crippen LogP contribution < -0.4 is 4.90 Å². The van der Waals surface area contributed by atoms with Crippen molar-refractivity contribution in [1.29, 1.82) is 0 Å². The normalized spacial score (nSPS) is 14.6. The number of fused-ring (bicyclic) bond motifs is 6. The fourth-order valence-electron chi connectivity index (χ4n) is 12.2. The van der Waals surface area contributed by atoms with Crippen LogP contribution in [0.3, 0.4) is 0 Å². The predicted molar refractivity (Wildman–Crippen MR) is 315 cm³/mol. The highest BCUT2D eigenvalue weighted by atomic mass is 15.1. The van der Waals surface area contributed by atoms with Crippen LogP contribution in [0.2, 0.25) is 0 Å². The van der Waals surface area contributed by atoms with E-state index in [0.717, 1.165) is 35.6 Å². The number of aromatic nitrogens is 1. The van der Waals surface area contributed by atoms with E-state index in [0.29, 0.717) is 0 Å². The van der Waals surface area contributed by atoms with Crippen LogP contribution in [0.15, 0.2) is 297 Å². The number of benzene rings is 11. The van der Waals surface area contributed by atoms with Gasteiger partial charge >= 0.3 is 0 Å². The number of anilines is 3. The van der Waals surface area contributed by atoms with Gasteiger partial charge < -0.3 is 9.47 Å². The Morgan fingerprint density at radius 1 is 0.333 bits per heavy atom. The maximum absolute atomic E-state index is 2.48. The molecule has 0 radical (unpaired) electrons. The average molecular weight is 957 g/mol. The van der Waals surface area contributed by atoms with E-state index < -0.39 is 5.41 Å². The minimum atomic E-state index is -0.464. The molecule has 1 heterocycles. The van der Waals surface area contributed by atoms with Crippen LogP contribution in [0.25, 0.3) is 83.1 Å². The van der Waals surface area contributed by atoms with Crippen LogP contribution in [-0.4, -0.2) is 4.57 Å². The number of hydrogen-bond donors (Lipinski definition) is 0. The third-order valence-corrected chi connectivity index (χ3v) is 15.7. The SMILES string of the molecule is C1=CC(C2(c3ccccc3)c3ccccc3-c3ccc(N(c4ccc(-c5ccccc5)cc4)c4ccc(-c5cccc(-c6ccc7c(c6)c6ccccc6n7-c6ccc(-c7ccccc7)cc6)c5)cc4)cc32)=CCC1. The van der Waals surface area contributed by atoms with E-state index in [1.807, 2.05) is 0 Å². The van der Waals surface area contributed by atoms with Crippen molar-refractivity contribution < 1.29 is 0 Å². The monoisotopic (exact) mass is 956 g/mol. The van der Waals surface area contributed by atoms with Crippen molar-refractivity contribution in [3.05, 3.63) is 313 Å². The summed E-state index contributed by atoms with van der Waals surface area (Å²) in [6.45, 7) is 0. The minimum absolute atomic E-state index is 0.464. The van der Waals surface area contributed by atoms with Gasteiger partial charge in [-0.1, -0.05) is 218 Å². The second-order valence-corrected chi connectivity index (χ2v) is 19.9. The Morgan fingerprint density at radius 2 is 0.840 bits per heavy atom. The van der Waals surface area contributed by atoms with Crippen LogP contribution in [0, 0.1) is 0 Å². The van der Waals surface area contributed by atoms with Gasteiger partial charge in [0.25, 0.3) is 0 Å². The van der Waals surface area contributed by atoms with Crippen molar-refractivity contribution in [1.82, 2.24) is 4.57 Å². The Hall–Kier alpha value is -9.50. The molecule has 2 aliphatic carbocycles. The zero-order chi connectivity index (χ0) is 49.7. The summed E-state index contributed by atoms with van der Waals surface area (Å²) in [6, 6.07) is 101. The van der Waals surface area contributed by atoms with E-state index in [1.54, 1.807) is 0 Å². The van der Waals surface area contributed by atoms with E-state index in [-0.39, 0.29) is 0 Å². The Bertz CT molecular complexity index is 4130. The molecule has 0 N–H and O–H groups in total. The quantitative estimate of drug-likeness (QED) is 0.133. The van der Waals surface area contributed by atoms with Gasteiger partial charge in [-0.25, -0.2) is 0 Å². The molecule has 0 spiro atoms. The lowest BCUT2D eigenvalue weighted by Crippen LogP contribution is -2.29. The lowest BCUT2D eigenvalue weighted by molar-refractivity contribution is 0.751. The summed E-state index contributed by atoms with van der Waals surface area (Å²) in [4.78, 5) is 2.43. The molecule has 1 unspecified atom stereocenters. The first kappa shape index (κ1) is 44.2. The van der Waals surface area contributed by atoms with E-state index in [2.05, 4.69) is 301 Å². The molecule has 0 saturated heterocycles. The van der Waals surface area contributed by atoms with Crippen LogP contribution >= 0.6 is 0 Å². The highest BCUT2D eigenvalue weighted by Gasteiger charge is 2.47. The molecule has 0 aliphatic heterocycles. The first-order valence-electron chi connectivity index (χ1n) is 26.2. The number of hydrogen-bond acceptors (Lipinski definition) is 1. The van der Waals surface area contributed by atoms with Crippen LogP contribution in [-0.2, 0) is 5.41 Å². The number of para-hydroxylation sites is 1. The maximum Gasteiger partial charge on any atom is 0.0711 e. The molecule has 2 heteroatoms. The summed E-state index contributed by atoms with van der Waals surface area (Å²) >= 11 is 0. The molecule has 1 atom stereocenters. The van der Waals surface area contributed by atoms with Gasteiger partial charge in [0.05, 0.1) is 16.4 Å². The molecule has 0 saturated carbocycles. The van der Waals surface area contributed by atoms with E-state index in [4.69, 9.17) is 0 Å². The van der Waals surface area contributed by atoms with Gasteiger partial charge in [0.2, 0.25) is 0 Å². The first-order chi connectivity index (χ1) is 37.2. The number of rotatable bonds is 10. The highest BCUT2D eigenvalue weighted by Crippen LogP contribution is 2.58. The molecule has 11 aromatic carbocycles. The maximum atomic E-state index is 2.48. The van der Waals surface area contributed by atoms with Crippen molar-refractivity contribution >= 4 is 38.9 Å². The predicted octanol–water partition coefficient (Wildman–Crippen LogP) is 19.5. The third-order valence-electron chi connectivity index (χ3n) is 15.7. The van der Waals surface area contributed by atoms with Gasteiger partial charge in [0, 0.05) is 33.5 Å². The summed E-state index contributed by atoms with van der Waals surface area (Å²) in [6.07, 6.45) is 9.30. The summed E-state index contributed by atoms with van der Waals surface area (Å²) in [7, 11) is 0. The molecule has 2 nitrogen and oxygen atoms in total. The highest BCUT2D eigenvalue weighted by molar-refractivity contribution is 6.10. The topological polar surface area (TPSA) is 8.17 Å². The summed E-state index contributed by atoms with van der Waals surface area (Å²) < 4.78 is 2.40. The van der Waals surface area contributed by atoms with E-state index in [9.17, 15) is 0 Å². The molecule has 14 rings (SSSR count). The largest absolute Gasteiger partial charge is 0.310 e. The summed E-state index contributed by atoms with van der Waals surface area (Å²) in [5, 5.41) is 2.49. The van der Waals surface area contributed by atoms with Gasteiger partial charge in [-0.3, -0.25) is 0 Å². The van der Waals surface area contributed by atoms with Crippen molar-refractivity contribution in [2.45, 2.75) is 18.3 Å². The van der Waals surface area contributed by atoms with E-state index >= 15 is 0 Å². The van der Waals surface area contributed by atoms with Gasteiger partial charge in [-0.05, 0) is 164 Å². The molecule has 12 aromatic rings. The zero-order valence-corrected chi connectivity index (χ0v) is 41.5. The van der Waals surface area contributed by atoms with Gasteiger partial charge in [-0.15, -0.1) is 0 Å². The van der Waals surface area contributed by atoms with Crippen molar-refractivity contribution in [2.75, 3.05) is 4.90 Å². The molecule has 354 valence electrons. The lowest BCUT2D eigenvalue weighted by Gasteiger charge is -2.36. The standard InChI is InChI=1S/C73H52N2/c1-5-18-51(19-6-1)53-32-39-61(40-33-53)74(64-45-46-66-65-28-13-15-30-69(65)73(70(66)50-64,59-24-9-3-10-25-59)60-26-11-4-12-27-60)62-41-36-55(37-42-62)56-22-17-23-57(48-56)58-38-47-72-68(49-58)67-29-14-16-31-71(67)75(72)63-43-34-54(35-44-63)52-20-7-2-8-21-52/h1-3,5-11,13-50H,4,12H2. The number of allylic oxidation sites excluding steroid dienone is 4. The first-order valence-corrected chi connectivity index (χ1v) is 26.2. The molecular formula is C73H52N2. The smallest absolute Gasteiger partial charge is 0.0711 e. The van der Waals surface area contributed by atoms with Crippen molar-refractivity contribution in [3.63, 3.8) is 0 Å². The van der Waals surface area contributed by atoms with E-state index in [1.165, 1.54) is 99.7 Å². The van der Waals surface area contributed by atoms with Crippen LogP contribution in [0.5, 0.6) is 0 Å². The average Bonchev–Trinajstić information content (AvgIpc) is 4.10. The minimum Gasteiger partial charge on any atom is -0.310 e. The summed E-state index contributed by atoms with van der Waals surface area (Å²) in [5.41, 5.74) is 23.8. The molecule has 1 aromatic heterocycles. The zero-order valence-electron chi connectivity index (χ0n) is 41.5. The lowest BCUT2D eigenvalue weighted by atomic mass is 9.66. The Kier molecular flexibility index (Phi) is 10.9. The molecule has 2 aliphatic rings. The molecular weight excluding hydrogens is 905 g/mol. The Morgan fingerprint density at radius 3 is 1.52 bits per heavy atom. The summed E-state index contributed by atoms with van der Waals surface area (Å²) in [5.74, 6) is 0. The van der Waals surface area contributed by atoms with Gasteiger partial charge in [-0.2, -0.15) is 0 Å². The van der Waals surface area contributed by atoms with Crippen molar-refractivity contribution in [3.8, 4) is 61.3 Å². The van der Waals surface area contributed by atoms with Gasteiger partial charge in [0.1, 0.15) is 0 Å². The molecule has 0 bridgehead atoms.